The number of hydrogen-bond donors (Lipinski definition) is 13. The fourth-order valence-corrected chi connectivity index (χ4v) is 7.51. The molecule has 0 fully saturated rings. The Labute approximate surface area is 412 Å². The van der Waals surface area contributed by atoms with E-state index in [4.69, 9.17) is 40.1 Å². The number of benzene rings is 4. The van der Waals surface area contributed by atoms with Crippen molar-refractivity contribution in [3.8, 4) is 0 Å². The van der Waals surface area contributed by atoms with E-state index < -0.39 is 71.8 Å². The van der Waals surface area contributed by atoms with Gasteiger partial charge in [0.25, 0.3) is 0 Å². The number of amides is 5. The van der Waals surface area contributed by atoms with E-state index in [1.165, 1.54) is 0 Å². The van der Waals surface area contributed by atoms with Crippen LogP contribution in [0.2, 0.25) is 0 Å². The van der Waals surface area contributed by atoms with E-state index in [1.807, 2.05) is 42.5 Å². The van der Waals surface area contributed by atoms with E-state index in [0.29, 0.717) is 11.1 Å². The Balaban J connectivity index is 1.59. The van der Waals surface area contributed by atoms with Crippen LogP contribution in [0, 0.1) is 0 Å². The predicted molar refractivity (Wildman–Crippen MR) is 273 cm³/mol. The van der Waals surface area contributed by atoms with Gasteiger partial charge in [-0.25, -0.2) is 4.79 Å². The Hall–Kier alpha value is -8.27. The van der Waals surface area contributed by atoms with E-state index in [-0.39, 0.29) is 95.3 Å². The molecule has 22 heteroatoms. The fraction of sp³-hybridized carbons (Fsp3) is 0.367. The minimum absolute atomic E-state index is 0.0351. The van der Waals surface area contributed by atoms with Gasteiger partial charge in [-0.3, -0.25) is 38.9 Å². The average Bonchev–Trinajstić information content (AvgIpc) is 3.33. The number of rotatable bonds is 29. The quantitative estimate of drug-likeness (QED) is 0.0174. The lowest BCUT2D eigenvalue weighted by atomic mass is 10.0. The third-order valence-electron chi connectivity index (χ3n) is 11.2. The fourth-order valence-electron chi connectivity index (χ4n) is 7.51. The lowest BCUT2D eigenvalue weighted by Gasteiger charge is -2.27. The molecule has 5 amide bonds. The zero-order valence-corrected chi connectivity index (χ0v) is 39.5. The molecular formula is C49H67N15O7. The van der Waals surface area contributed by atoms with Crippen molar-refractivity contribution in [3.63, 3.8) is 0 Å². The Bertz CT molecular complexity index is 2480. The molecule has 20 N–H and O–H groups in total. The maximum atomic E-state index is 14.4. The average molecular weight is 978 g/mol. The van der Waals surface area contributed by atoms with Crippen LogP contribution < -0.4 is 66.7 Å². The van der Waals surface area contributed by atoms with Gasteiger partial charge in [0, 0.05) is 32.5 Å². The zero-order chi connectivity index (χ0) is 51.7. The number of guanidine groups is 3. The van der Waals surface area contributed by atoms with Crippen LogP contribution in [0.5, 0.6) is 0 Å². The second kappa shape index (κ2) is 28.9. The molecule has 0 aromatic heterocycles. The largest absolute Gasteiger partial charge is 0.480 e. The van der Waals surface area contributed by atoms with Gasteiger partial charge in [-0.1, -0.05) is 103 Å². The van der Waals surface area contributed by atoms with Crippen LogP contribution in [0.1, 0.15) is 55.2 Å². The van der Waals surface area contributed by atoms with Gasteiger partial charge in [0.05, 0.1) is 6.04 Å². The van der Waals surface area contributed by atoms with E-state index in [0.717, 1.165) is 16.3 Å². The number of nitrogens with zero attached hydrogens (tertiary/aromatic N) is 3. The predicted octanol–water partition coefficient (Wildman–Crippen LogP) is -1.14. The summed E-state index contributed by atoms with van der Waals surface area (Å²) < 4.78 is 0. The summed E-state index contributed by atoms with van der Waals surface area (Å²) in [5.41, 5.74) is 41.7. The molecule has 0 saturated carbocycles. The first kappa shape index (κ1) is 55.3. The third kappa shape index (κ3) is 20.1. The molecule has 71 heavy (non-hydrogen) atoms. The molecule has 0 heterocycles. The number of aliphatic carboxylic acids is 1. The van der Waals surface area contributed by atoms with Crippen molar-refractivity contribution in [1.29, 1.82) is 0 Å². The Morgan fingerprint density at radius 3 is 1.23 bits per heavy atom. The summed E-state index contributed by atoms with van der Waals surface area (Å²) >= 11 is 0. The SMILES string of the molecule is NC(N)=NCCC[C@H](NC(=O)[C@H](CCCN=C(N)N)NC(=O)[C@@H](N)Cc1ccc2ccccc2c1)C(=O)N[C@@H](CCCN=C(N)N)C(=O)N[C@H](Cc1ccccc1)C(=O)N[C@H](Cc1ccccc1)C(=O)O. The van der Waals surface area contributed by atoms with Crippen LogP contribution in [0.25, 0.3) is 10.8 Å². The lowest BCUT2D eigenvalue weighted by Crippen LogP contribution is -2.59. The number of carboxylic acid groups (broad SMARTS) is 1. The molecular weight excluding hydrogens is 911 g/mol. The monoisotopic (exact) mass is 978 g/mol. The number of carbonyl (C=O) groups excluding carboxylic acids is 5. The molecule has 4 aromatic rings. The van der Waals surface area contributed by atoms with Crippen LogP contribution >= 0.6 is 0 Å². The molecule has 0 unspecified atom stereocenters. The lowest BCUT2D eigenvalue weighted by molar-refractivity contribution is -0.142. The molecule has 6 atom stereocenters. The van der Waals surface area contributed by atoms with Gasteiger partial charge in [0.2, 0.25) is 29.5 Å². The molecule has 4 rings (SSSR count). The Kier molecular flexibility index (Phi) is 22.5. The van der Waals surface area contributed by atoms with Gasteiger partial charge in [-0.05, 0) is 72.4 Å². The second-order valence-corrected chi connectivity index (χ2v) is 16.9. The van der Waals surface area contributed by atoms with Crippen LogP contribution in [0.4, 0.5) is 0 Å². The van der Waals surface area contributed by atoms with Crippen molar-refractivity contribution in [1.82, 2.24) is 26.6 Å². The highest BCUT2D eigenvalue weighted by Gasteiger charge is 2.33. The van der Waals surface area contributed by atoms with Crippen molar-refractivity contribution < 1.29 is 33.9 Å². The van der Waals surface area contributed by atoms with Crippen molar-refractivity contribution in [2.24, 2.45) is 55.1 Å². The first-order valence-corrected chi connectivity index (χ1v) is 23.2. The standard InChI is InChI=1S/C49H67N15O7/c50-35(27-32-21-22-33-16-7-8-17-34(33)26-32)41(65)60-36(18-9-23-57-47(51)52)42(66)61-37(19-10-24-58-48(53)54)43(67)62-38(20-11-25-59-49(55)56)44(68)63-39(28-30-12-3-1-4-13-30)45(69)64-40(46(70)71)29-31-14-5-2-6-15-31/h1-8,12-17,21-22,26,35-40H,9-11,18-20,23-25,27-29,50H2,(H,60,65)(H,61,66)(H,62,67)(H,63,68)(H,64,69)(H,70,71)(H4,51,52,57)(H4,53,54,58)(H4,55,56,59)/t35-,36-,37-,38-,39+,40+/m0/s1. The minimum atomic E-state index is -1.35. The Morgan fingerprint density at radius 1 is 0.423 bits per heavy atom. The van der Waals surface area contributed by atoms with Gasteiger partial charge >= 0.3 is 5.97 Å². The summed E-state index contributed by atoms with van der Waals surface area (Å²) in [7, 11) is 0. The molecule has 22 nitrogen and oxygen atoms in total. The summed E-state index contributed by atoms with van der Waals surface area (Å²) in [6.45, 7) is 0.265. The number of nitrogens with two attached hydrogens (primary N) is 7. The topological polar surface area (TPSA) is 402 Å². The van der Waals surface area contributed by atoms with Gasteiger partial charge in [-0.2, -0.15) is 0 Å². The molecule has 0 radical (unpaired) electrons. The van der Waals surface area contributed by atoms with Crippen LogP contribution in [0.15, 0.2) is 118 Å². The zero-order valence-electron chi connectivity index (χ0n) is 39.5. The van der Waals surface area contributed by atoms with E-state index in [9.17, 15) is 33.9 Å². The highest BCUT2D eigenvalue weighted by Crippen LogP contribution is 2.17. The molecule has 4 aromatic carbocycles. The highest BCUT2D eigenvalue weighted by atomic mass is 16.4. The van der Waals surface area contributed by atoms with Crippen LogP contribution in [-0.4, -0.2) is 114 Å². The Morgan fingerprint density at radius 2 is 0.789 bits per heavy atom. The molecule has 0 spiro atoms. The number of hydrogen-bond acceptors (Lipinski definition) is 10. The van der Waals surface area contributed by atoms with Crippen molar-refractivity contribution in [2.75, 3.05) is 19.6 Å². The summed E-state index contributed by atoms with van der Waals surface area (Å²) in [4.78, 5) is 95.0. The number of nitrogens with one attached hydrogen (secondary N) is 5. The number of carbonyl (C=O) groups is 6. The van der Waals surface area contributed by atoms with E-state index in [1.54, 1.807) is 60.7 Å². The summed E-state index contributed by atoms with van der Waals surface area (Å²) in [6.07, 6.45) is 0.627. The normalized spacial score (nSPS) is 13.4. The molecule has 0 saturated heterocycles. The van der Waals surface area contributed by atoms with Crippen molar-refractivity contribution >= 4 is 64.2 Å². The maximum absolute atomic E-state index is 14.4. The van der Waals surface area contributed by atoms with Gasteiger partial charge in [0.1, 0.15) is 30.2 Å². The summed E-state index contributed by atoms with van der Waals surface area (Å²) in [5.74, 6) is -5.62. The molecule has 0 bridgehead atoms. The van der Waals surface area contributed by atoms with Crippen LogP contribution in [0.3, 0.4) is 0 Å². The summed E-state index contributed by atoms with van der Waals surface area (Å²) in [6, 6.07) is 23.3. The first-order valence-electron chi connectivity index (χ1n) is 23.2. The molecule has 0 aliphatic carbocycles. The highest BCUT2D eigenvalue weighted by molar-refractivity contribution is 5.96. The van der Waals surface area contributed by atoms with Gasteiger partial charge in [0.15, 0.2) is 17.9 Å². The van der Waals surface area contributed by atoms with E-state index >= 15 is 0 Å². The first-order chi connectivity index (χ1) is 34.0. The second-order valence-electron chi connectivity index (χ2n) is 16.9. The smallest absolute Gasteiger partial charge is 0.326 e. The summed E-state index contributed by atoms with van der Waals surface area (Å²) in [5, 5.41) is 25.5. The number of fused-ring (bicyclic) bond motifs is 1. The third-order valence-corrected chi connectivity index (χ3v) is 11.2. The molecule has 0 aliphatic rings. The number of aliphatic imine (C=N–C) groups is 3. The van der Waals surface area contributed by atoms with Crippen molar-refractivity contribution in [3.05, 3.63) is 120 Å². The van der Waals surface area contributed by atoms with Crippen LogP contribution in [-0.2, 0) is 48.0 Å². The van der Waals surface area contributed by atoms with E-state index in [2.05, 4.69) is 41.6 Å². The molecule has 380 valence electrons. The molecule has 0 aliphatic heterocycles. The van der Waals surface area contributed by atoms with Crippen molar-refractivity contribution in [2.45, 2.75) is 94.0 Å². The van der Waals surface area contributed by atoms with Gasteiger partial charge in [-0.15, -0.1) is 0 Å². The maximum Gasteiger partial charge on any atom is 0.326 e. The minimum Gasteiger partial charge on any atom is -0.480 e. The van der Waals surface area contributed by atoms with Gasteiger partial charge < -0.3 is 71.8 Å². The number of carboxylic acids is 1.